The molecule has 0 unspecified atom stereocenters. The van der Waals surface area contributed by atoms with E-state index in [1.807, 2.05) is 0 Å². The minimum Gasteiger partial charge on any atom is -0.106 e. The Bertz CT molecular complexity index is 243. The van der Waals surface area contributed by atoms with Crippen molar-refractivity contribution in [1.82, 2.24) is 0 Å². The Morgan fingerprint density at radius 1 is 0.500 bits per heavy atom. The lowest BCUT2D eigenvalue weighted by atomic mass is 10.0. The van der Waals surface area contributed by atoms with E-state index in [0.29, 0.717) is 0 Å². The lowest BCUT2D eigenvalue weighted by Crippen LogP contribution is -2.52. The first-order chi connectivity index (χ1) is 8.46. The van der Waals surface area contributed by atoms with Crippen molar-refractivity contribution in [2.75, 3.05) is 0 Å². The van der Waals surface area contributed by atoms with Crippen LogP contribution in [0.3, 0.4) is 0 Å². The van der Waals surface area contributed by atoms with E-state index in [2.05, 4.69) is 87.2 Å². The van der Waals surface area contributed by atoms with E-state index in [4.69, 9.17) is 0 Å². The van der Waals surface area contributed by atoms with Gasteiger partial charge in [-0.2, -0.15) is 0 Å². The fraction of sp³-hybridized carbons (Fsp3) is 1.00. The van der Waals surface area contributed by atoms with Crippen LogP contribution >= 0.6 is 87.2 Å². The van der Waals surface area contributed by atoms with Crippen molar-refractivity contribution in [3.05, 3.63) is 0 Å². The number of hydrogen-bond donors (Lipinski definition) is 0. The molecule has 0 aromatic rings. The molecular formula is C12H22I4Si2. The molecule has 2 saturated carbocycles. The minimum absolute atomic E-state index is 1.07. The van der Waals surface area contributed by atoms with Gasteiger partial charge in [-0.05, 0) is 11.1 Å². The summed E-state index contributed by atoms with van der Waals surface area (Å²) in [6.45, 7) is 0. The second-order valence-corrected chi connectivity index (χ2v) is 59.8. The van der Waals surface area contributed by atoms with Crippen molar-refractivity contribution in [1.29, 1.82) is 0 Å². The van der Waals surface area contributed by atoms with Crippen LogP contribution in [0.5, 0.6) is 0 Å². The monoisotopic (exact) mass is 730 g/mol. The molecule has 2 aliphatic carbocycles. The van der Waals surface area contributed by atoms with Crippen LogP contribution in [0.1, 0.15) is 64.2 Å². The van der Waals surface area contributed by atoms with Crippen LogP contribution in [0.15, 0.2) is 0 Å². The molecule has 0 atom stereocenters. The first-order valence-electron chi connectivity index (χ1n) is 7.22. The molecule has 0 bridgehead atoms. The Kier molecular flexibility index (Phi) is 7.63. The van der Waals surface area contributed by atoms with Crippen LogP contribution in [0, 0.1) is 0 Å². The smallest absolute Gasteiger partial charge is 0.106 e. The standard InChI is InChI=1S/C12H22I4Si2/c13-17(14,11-7-3-1-4-8-11)18(15,16)12-9-5-2-6-10-12/h11-12H,1-10H2. The van der Waals surface area contributed by atoms with Crippen LogP contribution in [0.4, 0.5) is 0 Å². The molecule has 0 nitrogen and oxygen atoms in total. The summed E-state index contributed by atoms with van der Waals surface area (Å²) in [5.41, 5.74) is 2.27. The van der Waals surface area contributed by atoms with Crippen molar-refractivity contribution in [3.63, 3.8) is 0 Å². The summed E-state index contributed by atoms with van der Waals surface area (Å²) in [5, 5.41) is 0. The zero-order chi connectivity index (χ0) is 13.2. The Labute approximate surface area is 165 Å². The SMILES string of the molecule is I[Si](I)(C1CCCCC1)[Si](I)(I)C1CCCCC1. The highest BCUT2D eigenvalue weighted by molar-refractivity contribution is 14.3. The van der Waals surface area contributed by atoms with Gasteiger partial charge in [-0.1, -0.05) is 64.2 Å². The molecule has 2 rings (SSSR count). The van der Waals surface area contributed by atoms with Gasteiger partial charge in [0.25, 0.3) is 0 Å². The van der Waals surface area contributed by atoms with Gasteiger partial charge >= 0.3 is 0 Å². The van der Waals surface area contributed by atoms with Gasteiger partial charge in [0.1, 0.15) is 0 Å². The fourth-order valence-electron chi connectivity index (χ4n) is 3.47. The van der Waals surface area contributed by atoms with Crippen LogP contribution in [-0.4, -0.2) is 5.17 Å². The molecule has 18 heavy (non-hydrogen) atoms. The third-order valence-corrected chi connectivity index (χ3v) is 92.2. The van der Waals surface area contributed by atoms with E-state index < -0.39 is 5.17 Å². The molecule has 0 radical (unpaired) electrons. The zero-order valence-corrected chi connectivity index (χ0v) is 21.4. The normalized spacial score (nSPS) is 25.3. The van der Waals surface area contributed by atoms with Crippen molar-refractivity contribution in [2.45, 2.75) is 75.3 Å². The first-order valence-corrected chi connectivity index (χ1v) is 24.8. The van der Waals surface area contributed by atoms with Gasteiger partial charge in [0.15, 0.2) is 0 Å². The summed E-state index contributed by atoms with van der Waals surface area (Å²) in [6, 6.07) is 0. The van der Waals surface area contributed by atoms with Gasteiger partial charge in [-0.25, -0.2) is 0 Å². The average Bonchev–Trinajstić information content (AvgIpc) is 2.40. The Hall–Kier alpha value is 3.35. The molecule has 0 aromatic carbocycles. The van der Waals surface area contributed by atoms with E-state index in [-0.39, 0.29) is 0 Å². The quantitative estimate of drug-likeness (QED) is 0.162. The van der Waals surface area contributed by atoms with Gasteiger partial charge in [0.2, 0.25) is 5.17 Å². The summed E-state index contributed by atoms with van der Waals surface area (Å²) in [6.07, 6.45) is 15.3. The van der Waals surface area contributed by atoms with Crippen molar-refractivity contribution in [3.8, 4) is 0 Å². The van der Waals surface area contributed by atoms with Crippen molar-refractivity contribution >= 4 is 92.4 Å². The molecule has 2 fully saturated rings. The molecule has 0 aromatic heterocycles. The third kappa shape index (κ3) is 4.00. The molecule has 0 heterocycles. The fourth-order valence-corrected chi connectivity index (χ4v) is 35.2. The summed E-state index contributed by atoms with van der Waals surface area (Å²) < 4.78 is -2.13. The van der Waals surface area contributed by atoms with E-state index in [1.54, 1.807) is 25.7 Å². The van der Waals surface area contributed by atoms with Gasteiger partial charge < -0.3 is 0 Å². The van der Waals surface area contributed by atoms with E-state index in [9.17, 15) is 0 Å². The van der Waals surface area contributed by atoms with Crippen LogP contribution in [-0.2, 0) is 0 Å². The minimum atomic E-state index is -1.07. The Morgan fingerprint density at radius 2 is 0.778 bits per heavy atom. The van der Waals surface area contributed by atoms with Crippen molar-refractivity contribution in [2.24, 2.45) is 0 Å². The lowest BCUT2D eigenvalue weighted by Gasteiger charge is -2.44. The Balaban J connectivity index is 2.09. The van der Waals surface area contributed by atoms with Gasteiger partial charge in [0, 0.05) is 0 Å². The van der Waals surface area contributed by atoms with Crippen LogP contribution < -0.4 is 0 Å². The predicted molar refractivity (Wildman–Crippen MR) is 121 cm³/mol. The molecule has 0 spiro atoms. The van der Waals surface area contributed by atoms with Crippen LogP contribution in [0.2, 0.25) is 11.1 Å². The summed E-state index contributed by atoms with van der Waals surface area (Å²) in [4.78, 5) is 0. The van der Waals surface area contributed by atoms with E-state index >= 15 is 0 Å². The molecule has 0 amide bonds. The zero-order valence-electron chi connectivity index (χ0n) is 10.7. The molecule has 0 N–H and O–H groups in total. The molecule has 2 aliphatic rings. The highest BCUT2D eigenvalue weighted by Crippen LogP contribution is 2.59. The predicted octanol–water partition coefficient (Wildman–Crippen LogP) is 7.36. The second-order valence-electron chi connectivity index (χ2n) is 5.92. The van der Waals surface area contributed by atoms with E-state index in [1.165, 1.54) is 38.5 Å². The van der Waals surface area contributed by atoms with Gasteiger partial charge in [-0.3, -0.25) is 0 Å². The number of hydrogen-bond acceptors (Lipinski definition) is 0. The summed E-state index contributed by atoms with van der Waals surface area (Å²) in [7, 11) is 0. The summed E-state index contributed by atoms with van der Waals surface area (Å²) in [5.74, 6) is 0. The Morgan fingerprint density at radius 3 is 1.06 bits per heavy atom. The highest BCUT2D eigenvalue weighted by atomic mass is 127. The average molecular weight is 730 g/mol. The molecule has 0 aliphatic heterocycles. The largest absolute Gasteiger partial charge is 0.208 e. The number of rotatable bonds is 3. The molecule has 6 heteroatoms. The topological polar surface area (TPSA) is 0 Å². The maximum Gasteiger partial charge on any atom is 0.208 e. The van der Waals surface area contributed by atoms with Gasteiger partial charge in [0.05, 0.1) is 0 Å². The number of halogens is 4. The van der Waals surface area contributed by atoms with Gasteiger partial charge in [-0.15, -0.1) is 87.2 Å². The maximum atomic E-state index is 3.01. The first kappa shape index (κ1) is 17.7. The third-order valence-electron chi connectivity index (χ3n) is 4.68. The lowest BCUT2D eigenvalue weighted by molar-refractivity contribution is 0.495. The van der Waals surface area contributed by atoms with E-state index in [0.717, 1.165) is 11.1 Å². The highest BCUT2D eigenvalue weighted by Gasteiger charge is 2.58. The molecule has 106 valence electrons. The maximum absolute atomic E-state index is 3.01. The second kappa shape index (κ2) is 7.76. The molecule has 0 saturated heterocycles. The molecular weight excluding hydrogens is 708 g/mol. The summed E-state index contributed by atoms with van der Waals surface area (Å²) >= 11 is 12.0. The van der Waals surface area contributed by atoms with Crippen molar-refractivity contribution < 1.29 is 0 Å². The van der Waals surface area contributed by atoms with Crippen LogP contribution in [0.25, 0.3) is 0 Å².